The third kappa shape index (κ3) is 4.59. The number of aromatic amines is 1. The molecule has 186 valence electrons. The lowest BCUT2D eigenvalue weighted by molar-refractivity contribution is 0.102. The number of amides is 1. The minimum absolute atomic E-state index is 0.109. The Morgan fingerprint density at radius 3 is 2.57 bits per heavy atom. The van der Waals surface area contributed by atoms with Crippen LogP contribution in [0.1, 0.15) is 28.9 Å². The fraction of sp³-hybridized carbons (Fsp3) is 0.111. The number of aromatic nitrogens is 2. The van der Waals surface area contributed by atoms with Gasteiger partial charge >= 0.3 is 0 Å². The standard InChI is InChI=1S/C27H23N5O5/c1-14(15-5-3-7-18(33)11-15)28-22-23(25(35)24(22)34)29-17-9-10-21-20(13-17)26(32-31-21)30-27(36)16-6-4-8-19(12-16)37-2/h3-14,28-29,33H,1-2H3,(H2,30,31,32,36)/t14-/m1/s1. The highest BCUT2D eigenvalue weighted by Crippen LogP contribution is 2.29. The first-order valence-electron chi connectivity index (χ1n) is 11.4. The number of rotatable bonds is 8. The van der Waals surface area contributed by atoms with Gasteiger partial charge in [0.2, 0.25) is 0 Å². The van der Waals surface area contributed by atoms with E-state index in [2.05, 4.69) is 26.1 Å². The molecule has 0 saturated carbocycles. The minimum Gasteiger partial charge on any atom is -0.508 e. The number of nitrogens with one attached hydrogen (secondary N) is 4. The molecule has 0 saturated heterocycles. The molecule has 0 radical (unpaired) electrons. The Bertz CT molecular complexity index is 1700. The van der Waals surface area contributed by atoms with Crippen LogP contribution in [0.25, 0.3) is 10.9 Å². The molecule has 0 aliphatic carbocycles. The van der Waals surface area contributed by atoms with Gasteiger partial charge in [0.05, 0.1) is 12.6 Å². The van der Waals surface area contributed by atoms with Gasteiger partial charge in [-0.15, -0.1) is 0 Å². The van der Waals surface area contributed by atoms with Crippen molar-refractivity contribution in [3.8, 4) is 11.5 Å². The Labute approximate surface area is 210 Å². The van der Waals surface area contributed by atoms with Crippen molar-refractivity contribution in [2.24, 2.45) is 0 Å². The number of benzene rings is 3. The van der Waals surface area contributed by atoms with Crippen LogP contribution in [0.4, 0.5) is 22.9 Å². The summed E-state index contributed by atoms with van der Waals surface area (Å²) in [6.07, 6.45) is 0. The van der Waals surface area contributed by atoms with E-state index in [0.29, 0.717) is 33.7 Å². The molecule has 37 heavy (non-hydrogen) atoms. The number of anilines is 4. The zero-order valence-electron chi connectivity index (χ0n) is 20.0. The monoisotopic (exact) mass is 497 g/mol. The van der Waals surface area contributed by atoms with Crippen molar-refractivity contribution in [1.29, 1.82) is 0 Å². The summed E-state index contributed by atoms with van der Waals surface area (Å²) in [5.41, 5.74) is 1.43. The normalized spacial score (nSPS) is 11.8. The van der Waals surface area contributed by atoms with Crippen molar-refractivity contribution < 1.29 is 14.6 Å². The van der Waals surface area contributed by atoms with E-state index in [0.717, 1.165) is 5.56 Å². The molecule has 1 heterocycles. The summed E-state index contributed by atoms with van der Waals surface area (Å²) in [6, 6.07) is 18.3. The molecule has 0 fully saturated rings. The predicted molar refractivity (Wildman–Crippen MR) is 142 cm³/mol. The number of aromatic hydroxyl groups is 1. The Morgan fingerprint density at radius 1 is 1.00 bits per heavy atom. The van der Waals surface area contributed by atoms with Gasteiger partial charge < -0.3 is 25.8 Å². The molecule has 5 aromatic rings. The van der Waals surface area contributed by atoms with Gasteiger partial charge in [-0.1, -0.05) is 18.2 Å². The van der Waals surface area contributed by atoms with Crippen LogP contribution in [0.5, 0.6) is 11.5 Å². The van der Waals surface area contributed by atoms with Gasteiger partial charge in [-0.05, 0) is 61.0 Å². The molecule has 10 heteroatoms. The van der Waals surface area contributed by atoms with E-state index in [1.165, 1.54) is 7.11 Å². The number of nitrogens with zero attached hydrogens (tertiary/aromatic N) is 1. The second kappa shape index (κ2) is 9.50. The molecule has 1 aromatic heterocycles. The van der Waals surface area contributed by atoms with E-state index < -0.39 is 10.9 Å². The number of H-pyrrole nitrogens is 1. The summed E-state index contributed by atoms with van der Waals surface area (Å²) >= 11 is 0. The van der Waals surface area contributed by atoms with Gasteiger partial charge in [-0.3, -0.25) is 19.5 Å². The van der Waals surface area contributed by atoms with Crippen molar-refractivity contribution in [1.82, 2.24) is 10.2 Å². The Morgan fingerprint density at radius 2 is 1.78 bits per heavy atom. The second-order valence-corrected chi connectivity index (χ2v) is 8.51. The molecule has 5 N–H and O–H groups in total. The van der Waals surface area contributed by atoms with E-state index in [4.69, 9.17) is 4.74 Å². The molecule has 1 atom stereocenters. The smallest absolute Gasteiger partial charge is 0.257 e. The van der Waals surface area contributed by atoms with Gasteiger partial charge in [-0.25, -0.2) is 0 Å². The average Bonchev–Trinajstić information content (AvgIpc) is 3.31. The maximum atomic E-state index is 12.8. The van der Waals surface area contributed by atoms with Gasteiger partial charge in [0.1, 0.15) is 22.9 Å². The topological polar surface area (TPSA) is 145 Å². The summed E-state index contributed by atoms with van der Waals surface area (Å²) in [6.45, 7) is 1.82. The zero-order valence-corrected chi connectivity index (χ0v) is 20.0. The molecule has 4 aromatic carbocycles. The molecular weight excluding hydrogens is 474 g/mol. The van der Waals surface area contributed by atoms with E-state index >= 15 is 0 Å². The first-order chi connectivity index (χ1) is 17.8. The SMILES string of the molecule is COc1cccc(C(=O)Nc2n[nH]c3ccc(Nc4c(N[C@H](C)c5cccc(O)c5)c(=O)c4=O)cc23)c1. The number of methoxy groups -OCH3 is 1. The van der Waals surface area contributed by atoms with Crippen LogP contribution in [-0.4, -0.2) is 28.3 Å². The highest BCUT2D eigenvalue weighted by atomic mass is 16.5. The minimum atomic E-state index is -0.635. The van der Waals surface area contributed by atoms with E-state index in [1.54, 1.807) is 60.7 Å². The van der Waals surface area contributed by atoms with E-state index in [-0.39, 0.29) is 29.1 Å². The third-order valence-corrected chi connectivity index (χ3v) is 6.04. The summed E-state index contributed by atoms with van der Waals surface area (Å²) in [4.78, 5) is 37.4. The molecule has 10 nitrogen and oxygen atoms in total. The summed E-state index contributed by atoms with van der Waals surface area (Å²) in [7, 11) is 1.52. The van der Waals surface area contributed by atoms with Crippen molar-refractivity contribution in [2.75, 3.05) is 23.1 Å². The van der Waals surface area contributed by atoms with E-state index in [1.807, 2.05) is 13.0 Å². The number of ether oxygens (including phenoxy) is 1. The summed E-state index contributed by atoms with van der Waals surface area (Å²) < 4.78 is 5.18. The molecule has 0 aliphatic rings. The first kappa shape index (κ1) is 23.6. The fourth-order valence-electron chi connectivity index (χ4n) is 4.02. The number of phenols is 1. The van der Waals surface area contributed by atoms with Crippen molar-refractivity contribution in [3.63, 3.8) is 0 Å². The van der Waals surface area contributed by atoms with Gasteiger partial charge in [-0.2, -0.15) is 5.10 Å². The van der Waals surface area contributed by atoms with Crippen molar-refractivity contribution in [2.45, 2.75) is 13.0 Å². The second-order valence-electron chi connectivity index (χ2n) is 8.51. The maximum absolute atomic E-state index is 12.8. The van der Waals surface area contributed by atoms with E-state index in [9.17, 15) is 19.5 Å². The largest absolute Gasteiger partial charge is 0.508 e. The Kier molecular flexibility index (Phi) is 6.06. The van der Waals surface area contributed by atoms with Crippen LogP contribution in [-0.2, 0) is 0 Å². The number of fused-ring (bicyclic) bond motifs is 1. The number of carbonyl (C=O) groups is 1. The average molecular weight is 498 g/mol. The van der Waals surface area contributed by atoms with Gasteiger partial charge in [0.25, 0.3) is 16.8 Å². The molecule has 0 aliphatic heterocycles. The Balaban J connectivity index is 1.37. The van der Waals surface area contributed by atoms with Crippen LogP contribution in [0.15, 0.2) is 76.3 Å². The fourth-order valence-corrected chi connectivity index (χ4v) is 4.02. The van der Waals surface area contributed by atoms with Crippen molar-refractivity contribution >= 4 is 39.7 Å². The summed E-state index contributed by atoms with van der Waals surface area (Å²) in [5, 5.41) is 26.3. The maximum Gasteiger partial charge on any atom is 0.257 e. The predicted octanol–water partition coefficient (Wildman–Crippen LogP) is 4.04. The van der Waals surface area contributed by atoms with Crippen LogP contribution in [0.3, 0.4) is 0 Å². The summed E-state index contributed by atoms with van der Waals surface area (Å²) in [5.74, 6) is 0.617. The van der Waals surface area contributed by atoms with Crippen LogP contribution >= 0.6 is 0 Å². The molecule has 1 amide bonds. The quantitative estimate of drug-likeness (QED) is 0.202. The lowest BCUT2D eigenvalue weighted by atomic mass is 10.1. The Hall–Kier alpha value is -5.12. The van der Waals surface area contributed by atoms with Crippen molar-refractivity contribution in [3.05, 3.63) is 98.3 Å². The lowest BCUT2D eigenvalue weighted by Crippen LogP contribution is -2.37. The van der Waals surface area contributed by atoms with Gasteiger partial charge in [0.15, 0.2) is 5.82 Å². The molecular formula is C27H23N5O5. The molecule has 0 spiro atoms. The first-order valence-corrected chi connectivity index (χ1v) is 11.4. The highest BCUT2D eigenvalue weighted by Gasteiger charge is 2.23. The number of carbonyl (C=O) groups excluding carboxylic acids is 1. The molecule has 5 rings (SSSR count). The number of phenolic OH excluding ortho intramolecular Hbond substituents is 1. The highest BCUT2D eigenvalue weighted by molar-refractivity contribution is 6.08. The molecule has 0 unspecified atom stereocenters. The number of hydrogen-bond acceptors (Lipinski definition) is 8. The zero-order chi connectivity index (χ0) is 26.1. The van der Waals surface area contributed by atoms with Gasteiger partial charge in [0, 0.05) is 22.7 Å². The van der Waals surface area contributed by atoms with Crippen LogP contribution in [0.2, 0.25) is 0 Å². The third-order valence-electron chi connectivity index (χ3n) is 6.04. The lowest BCUT2D eigenvalue weighted by Gasteiger charge is -2.20. The molecule has 0 bridgehead atoms. The van der Waals surface area contributed by atoms with Crippen LogP contribution < -0.4 is 31.5 Å². The van der Waals surface area contributed by atoms with Crippen LogP contribution in [0, 0.1) is 0 Å². The number of hydrogen-bond donors (Lipinski definition) is 5.